The number of rotatable bonds is 4. The zero-order chi connectivity index (χ0) is 31.0. The van der Waals surface area contributed by atoms with E-state index in [0.29, 0.717) is 0 Å². The summed E-state index contributed by atoms with van der Waals surface area (Å²) >= 11 is 0. The fourth-order valence-corrected chi connectivity index (χ4v) is 3.18. The number of hydrogen-bond acceptors (Lipinski definition) is 3. The van der Waals surface area contributed by atoms with Crippen LogP contribution < -0.4 is 0 Å². The molecule has 0 spiro atoms. The maximum Gasteiger partial charge on any atom is 0.159 e. The molecule has 0 unspecified atom stereocenters. The summed E-state index contributed by atoms with van der Waals surface area (Å²) < 4.78 is 0. The zero-order valence-corrected chi connectivity index (χ0v) is 25.9. The van der Waals surface area contributed by atoms with Crippen molar-refractivity contribution in [1.82, 2.24) is 0 Å². The highest BCUT2D eigenvalue weighted by Crippen LogP contribution is 2.03. The Morgan fingerprint density at radius 1 is 0.500 bits per heavy atom. The fraction of sp³-hybridized carbons (Fsp3) is 0.103. The third-order valence-electron chi connectivity index (χ3n) is 5.89. The minimum Gasteiger partial charge on any atom is -0.412 e. The van der Waals surface area contributed by atoms with Gasteiger partial charge in [0.1, 0.15) is 12.6 Å². The monoisotopic (exact) mass is 592 g/mol. The molecule has 5 nitrogen and oxygen atoms in total. The molecule has 44 heavy (non-hydrogen) atoms. The van der Waals surface area contributed by atoms with E-state index in [-0.39, 0.29) is 16.7 Å². The fourth-order valence-electron chi connectivity index (χ4n) is 3.18. The number of aryl methyl sites for hydroxylation is 3. The lowest BCUT2D eigenvalue weighted by Crippen LogP contribution is -1.88. The number of hydrogen-bond donors (Lipinski definition) is 0. The number of aldehydes is 2. The predicted molar refractivity (Wildman–Crippen MR) is 185 cm³/mol. The first-order chi connectivity index (χ1) is 20.3. The Bertz CT molecular complexity index is 1400. The second-order valence-corrected chi connectivity index (χ2v) is 9.12. The largest absolute Gasteiger partial charge is 0.412 e. The van der Waals surface area contributed by atoms with Crippen molar-refractivity contribution in [3.63, 3.8) is 0 Å². The Labute approximate surface area is 262 Å². The summed E-state index contributed by atoms with van der Waals surface area (Å²) in [4.78, 5) is 30.9. The Balaban J connectivity index is 0. The van der Waals surface area contributed by atoms with Crippen molar-refractivity contribution >= 4 is 24.4 Å². The molecule has 0 aromatic heterocycles. The second-order valence-electron chi connectivity index (χ2n) is 9.12. The summed E-state index contributed by atoms with van der Waals surface area (Å²) in [5.41, 5.74) is 7.22. The van der Waals surface area contributed by atoms with E-state index in [9.17, 15) is 14.4 Å². The normalized spacial score (nSPS) is 8.45. The molecule has 0 heterocycles. The third-order valence-corrected chi connectivity index (χ3v) is 5.89. The van der Waals surface area contributed by atoms with E-state index in [1.165, 1.54) is 16.7 Å². The molecule has 230 valence electrons. The molecule has 0 saturated heterocycles. The molecular formula is C39H44O5. The van der Waals surface area contributed by atoms with Crippen molar-refractivity contribution in [2.45, 2.75) is 27.7 Å². The number of Topliss-reactive ketones (excluding diaryl/α,β-unsaturated/α-hetero) is 1. The van der Waals surface area contributed by atoms with Crippen LogP contribution >= 0.6 is 0 Å². The van der Waals surface area contributed by atoms with Gasteiger partial charge in [-0.3, -0.25) is 14.4 Å². The van der Waals surface area contributed by atoms with Crippen LogP contribution in [0.4, 0.5) is 0 Å². The van der Waals surface area contributed by atoms with Crippen LogP contribution in [-0.2, 0) is 0 Å². The quantitative estimate of drug-likeness (QED) is 0.155. The molecule has 0 atom stereocenters. The summed E-state index contributed by atoms with van der Waals surface area (Å²) in [6.45, 7) is 11.4. The van der Waals surface area contributed by atoms with Crippen LogP contribution in [0.3, 0.4) is 0 Å². The van der Waals surface area contributed by atoms with E-state index >= 15 is 0 Å². The Morgan fingerprint density at radius 3 is 1.11 bits per heavy atom. The maximum atomic E-state index is 10.6. The number of benzene rings is 5. The predicted octanol–water partition coefficient (Wildman–Crippen LogP) is 8.18. The average Bonchev–Trinajstić information content (AvgIpc) is 3.05. The van der Waals surface area contributed by atoms with Gasteiger partial charge in [0.15, 0.2) is 5.78 Å². The van der Waals surface area contributed by atoms with E-state index in [1.807, 2.05) is 116 Å². The van der Waals surface area contributed by atoms with Crippen LogP contribution in [0.5, 0.6) is 0 Å². The van der Waals surface area contributed by atoms with E-state index in [1.54, 1.807) is 19.1 Å². The molecule has 5 rings (SSSR count). The van der Waals surface area contributed by atoms with Crippen LogP contribution in [-0.4, -0.2) is 29.3 Å². The second kappa shape index (κ2) is 25.5. The van der Waals surface area contributed by atoms with Crippen LogP contribution in [0.15, 0.2) is 146 Å². The van der Waals surface area contributed by atoms with Gasteiger partial charge in [0.25, 0.3) is 0 Å². The lowest BCUT2D eigenvalue weighted by molar-refractivity contribution is 0.101. The third kappa shape index (κ3) is 18.3. The van der Waals surface area contributed by atoms with Crippen molar-refractivity contribution in [3.05, 3.63) is 185 Å². The topological polar surface area (TPSA) is 114 Å². The average molecular weight is 593 g/mol. The molecule has 0 radical (unpaired) electrons. The summed E-state index contributed by atoms with van der Waals surface area (Å²) in [6.07, 6.45) is 3.54. The standard InChI is InChI=1S/2C8H8O.C8H10.C8H8.C7H6O.2H2O/c1-7-4-2-3-5-8(7)6-9;1-7(9)8-5-3-2-4-6-8;1-7-5-3-4-6-8(7)2;1-2-8-6-4-3-5-7-8;8-6-7-4-2-1-3-5-7;;/h2*2-6H,1H3;3-6H,1-2H3;2-7H,1H2;1-6H;2*1H2. The van der Waals surface area contributed by atoms with Crippen molar-refractivity contribution in [2.75, 3.05) is 0 Å². The van der Waals surface area contributed by atoms with Crippen molar-refractivity contribution in [3.8, 4) is 0 Å². The van der Waals surface area contributed by atoms with Crippen LogP contribution in [0.1, 0.15) is 60.3 Å². The highest BCUT2D eigenvalue weighted by Gasteiger charge is 1.93. The van der Waals surface area contributed by atoms with Gasteiger partial charge >= 0.3 is 0 Å². The molecule has 5 heteroatoms. The first-order valence-corrected chi connectivity index (χ1v) is 13.6. The minimum absolute atomic E-state index is 0. The zero-order valence-electron chi connectivity index (χ0n) is 25.9. The summed E-state index contributed by atoms with van der Waals surface area (Å²) in [5.74, 6) is 0.121. The molecule has 0 aliphatic heterocycles. The molecule has 0 aliphatic rings. The number of carbonyl (C=O) groups is 3. The molecular weight excluding hydrogens is 548 g/mol. The van der Waals surface area contributed by atoms with Gasteiger partial charge < -0.3 is 11.0 Å². The van der Waals surface area contributed by atoms with Gasteiger partial charge in [-0.05, 0) is 49.9 Å². The lowest BCUT2D eigenvalue weighted by atomic mass is 10.1. The lowest BCUT2D eigenvalue weighted by Gasteiger charge is -1.93. The Morgan fingerprint density at radius 2 is 0.864 bits per heavy atom. The molecule has 0 aliphatic carbocycles. The first-order valence-electron chi connectivity index (χ1n) is 13.6. The SMILES string of the molecule is C=Cc1ccccc1.CC(=O)c1ccccc1.Cc1ccccc1C.Cc1ccccc1C=O.O.O.O=Cc1ccccc1. The maximum absolute atomic E-state index is 10.6. The van der Waals surface area contributed by atoms with Crippen LogP contribution in [0, 0.1) is 20.8 Å². The minimum atomic E-state index is 0. The Hall–Kier alpha value is -5.23. The molecule has 0 saturated carbocycles. The van der Waals surface area contributed by atoms with Gasteiger partial charge in [0, 0.05) is 16.7 Å². The van der Waals surface area contributed by atoms with E-state index in [0.717, 1.165) is 34.8 Å². The van der Waals surface area contributed by atoms with Crippen molar-refractivity contribution < 1.29 is 25.3 Å². The number of carbonyl (C=O) groups excluding carboxylic acids is 3. The van der Waals surface area contributed by atoms with Gasteiger partial charge in [-0.25, -0.2) is 0 Å². The highest BCUT2D eigenvalue weighted by molar-refractivity contribution is 5.93. The van der Waals surface area contributed by atoms with Gasteiger partial charge in [-0.1, -0.05) is 152 Å². The summed E-state index contributed by atoms with van der Waals surface area (Å²) in [6, 6.07) is 44.2. The number of ketones is 1. The van der Waals surface area contributed by atoms with Crippen LogP contribution in [0.25, 0.3) is 6.08 Å². The summed E-state index contributed by atoms with van der Waals surface area (Å²) in [7, 11) is 0. The van der Waals surface area contributed by atoms with E-state index in [2.05, 4.69) is 44.7 Å². The van der Waals surface area contributed by atoms with Crippen molar-refractivity contribution in [1.29, 1.82) is 0 Å². The van der Waals surface area contributed by atoms with Gasteiger partial charge in [-0.15, -0.1) is 0 Å². The molecule has 4 N–H and O–H groups in total. The first kappa shape index (κ1) is 40.9. The van der Waals surface area contributed by atoms with E-state index in [4.69, 9.17) is 0 Å². The Kier molecular flexibility index (Phi) is 23.7. The van der Waals surface area contributed by atoms with Crippen LogP contribution in [0.2, 0.25) is 0 Å². The van der Waals surface area contributed by atoms with Crippen molar-refractivity contribution in [2.24, 2.45) is 0 Å². The molecule has 5 aromatic rings. The molecule has 0 amide bonds. The van der Waals surface area contributed by atoms with E-state index < -0.39 is 0 Å². The summed E-state index contributed by atoms with van der Waals surface area (Å²) in [5, 5.41) is 0. The van der Waals surface area contributed by atoms with Gasteiger partial charge in [0.05, 0.1) is 0 Å². The molecule has 5 aromatic carbocycles. The molecule has 0 fully saturated rings. The highest BCUT2D eigenvalue weighted by atomic mass is 16.1. The van der Waals surface area contributed by atoms with Gasteiger partial charge in [0.2, 0.25) is 0 Å². The smallest absolute Gasteiger partial charge is 0.159 e. The molecule has 0 bridgehead atoms. The van der Waals surface area contributed by atoms with Gasteiger partial charge in [-0.2, -0.15) is 0 Å².